The summed E-state index contributed by atoms with van der Waals surface area (Å²) in [5.41, 5.74) is 2.48. The highest BCUT2D eigenvalue weighted by Gasteiger charge is 2.26. The highest BCUT2D eigenvalue weighted by Crippen LogP contribution is 2.41. The number of esters is 1. The minimum Gasteiger partial charge on any atom is -0.504 e. The van der Waals surface area contributed by atoms with E-state index < -0.39 is 46.7 Å². The van der Waals surface area contributed by atoms with E-state index in [1.807, 2.05) is 12.1 Å². The van der Waals surface area contributed by atoms with E-state index in [1.54, 1.807) is 49.4 Å². The number of phenolic OH excluding ortho intramolecular Hbond substituents is 1. The number of ether oxygens (including phenoxy) is 3. The summed E-state index contributed by atoms with van der Waals surface area (Å²) in [6.45, 7) is 1.69. The predicted molar refractivity (Wildman–Crippen MR) is 235 cm³/mol. The van der Waals surface area contributed by atoms with Gasteiger partial charge in [-0.15, -0.1) is 0 Å². The Kier molecular flexibility index (Phi) is 14.0. The smallest absolute Gasteiger partial charge is 0.339 e. The first-order chi connectivity index (χ1) is 31.1. The molecule has 6 rings (SSSR count). The number of methoxy groups -OCH3 is 2. The van der Waals surface area contributed by atoms with E-state index in [-0.39, 0.29) is 82.9 Å². The lowest BCUT2D eigenvalue weighted by molar-refractivity contribution is -0.132. The number of carboxylic acids is 1. The van der Waals surface area contributed by atoms with Crippen LogP contribution in [0.5, 0.6) is 28.7 Å². The van der Waals surface area contributed by atoms with Gasteiger partial charge in [0.2, 0.25) is 5.91 Å². The van der Waals surface area contributed by atoms with Gasteiger partial charge in [0.25, 0.3) is 11.8 Å². The van der Waals surface area contributed by atoms with Crippen LogP contribution in [0.1, 0.15) is 77.9 Å². The number of allylic oxidation sites excluding steroid dienone is 1. The number of benzene rings is 5. The molecule has 5 aromatic rings. The molecule has 6 N–H and O–H groups in total. The summed E-state index contributed by atoms with van der Waals surface area (Å²) in [4.78, 5) is 88.8. The van der Waals surface area contributed by atoms with Gasteiger partial charge in [0.1, 0.15) is 11.3 Å². The Morgan fingerprint density at radius 2 is 1.38 bits per heavy atom. The lowest BCUT2D eigenvalue weighted by Gasteiger charge is -2.16. The van der Waals surface area contributed by atoms with Gasteiger partial charge in [-0.25, -0.2) is 4.79 Å². The number of aromatic hydroxyl groups is 2. The SMILES string of the molecule is COc1c(NC(=O)c2ccc(NC(=O)c3ccc(NC(=O)[C@H](CC#N)CC(=O)c4ccc(CC(=O)/C(C)=C/c5ccc6c(c5)OC(=O)C6)cc4)cc3)c(OC)c2O)ccc(C(=O)O)c1O. The fourth-order valence-corrected chi connectivity index (χ4v) is 6.83. The second-order valence-corrected chi connectivity index (χ2v) is 14.7. The quantitative estimate of drug-likeness (QED) is 0.0245. The fourth-order valence-electron chi connectivity index (χ4n) is 6.83. The Hall–Kier alpha value is -8.78. The summed E-state index contributed by atoms with van der Waals surface area (Å²) in [6, 6.07) is 24.1. The first-order valence-electron chi connectivity index (χ1n) is 19.7. The van der Waals surface area contributed by atoms with Gasteiger partial charge in [-0.2, -0.15) is 5.26 Å². The number of phenols is 2. The molecule has 0 aromatic heterocycles. The van der Waals surface area contributed by atoms with Crippen molar-refractivity contribution < 1.29 is 63.1 Å². The zero-order chi connectivity index (χ0) is 46.9. The molecule has 17 nitrogen and oxygen atoms in total. The summed E-state index contributed by atoms with van der Waals surface area (Å²) in [6.07, 6.45) is 1.47. The molecule has 0 saturated heterocycles. The first-order valence-corrected chi connectivity index (χ1v) is 19.7. The Labute approximate surface area is 370 Å². The summed E-state index contributed by atoms with van der Waals surface area (Å²) in [5.74, 6) is -6.92. The maximum atomic E-state index is 13.3. The number of aromatic carboxylic acids is 1. The minimum atomic E-state index is -1.42. The number of nitrogens with one attached hydrogen (secondary N) is 3. The third-order valence-corrected chi connectivity index (χ3v) is 10.3. The van der Waals surface area contributed by atoms with Gasteiger partial charge in [-0.1, -0.05) is 36.4 Å². The number of Topliss-reactive ketones (excluding diaryl/α,β-unsaturated/α-hetero) is 2. The number of hydrogen-bond acceptors (Lipinski definition) is 13. The molecule has 1 heterocycles. The van der Waals surface area contributed by atoms with Crippen LogP contribution in [-0.2, 0) is 27.2 Å². The molecule has 1 aliphatic rings. The van der Waals surface area contributed by atoms with Crippen molar-refractivity contribution in [2.45, 2.75) is 32.6 Å². The van der Waals surface area contributed by atoms with Crippen molar-refractivity contribution in [3.63, 3.8) is 0 Å². The third kappa shape index (κ3) is 10.6. The molecule has 0 fully saturated rings. The van der Waals surface area contributed by atoms with E-state index in [9.17, 15) is 54.1 Å². The zero-order valence-electron chi connectivity index (χ0n) is 35.0. The molecule has 17 heteroatoms. The van der Waals surface area contributed by atoms with Gasteiger partial charge >= 0.3 is 11.9 Å². The van der Waals surface area contributed by atoms with Gasteiger partial charge in [0.05, 0.1) is 49.6 Å². The Balaban J connectivity index is 1.03. The molecule has 3 amide bonds. The lowest BCUT2D eigenvalue weighted by atomic mass is 9.94. The van der Waals surface area contributed by atoms with Gasteiger partial charge in [0, 0.05) is 41.6 Å². The average molecular weight is 881 g/mol. The van der Waals surface area contributed by atoms with Crippen molar-refractivity contribution in [3.8, 4) is 34.8 Å². The third-order valence-electron chi connectivity index (χ3n) is 10.3. The van der Waals surface area contributed by atoms with Crippen LogP contribution in [0, 0.1) is 17.2 Å². The second-order valence-electron chi connectivity index (χ2n) is 14.7. The molecular weight excluding hydrogens is 841 g/mol. The summed E-state index contributed by atoms with van der Waals surface area (Å²) >= 11 is 0. The van der Waals surface area contributed by atoms with Gasteiger partial charge in [-0.3, -0.25) is 28.8 Å². The summed E-state index contributed by atoms with van der Waals surface area (Å²) < 4.78 is 15.5. The van der Waals surface area contributed by atoms with Crippen molar-refractivity contribution in [1.82, 2.24) is 0 Å². The van der Waals surface area contributed by atoms with E-state index in [0.717, 1.165) is 24.3 Å². The Bertz CT molecular complexity index is 2830. The highest BCUT2D eigenvalue weighted by molar-refractivity contribution is 6.10. The Morgan fingerprint density at radius 1 is 0.785 bits per heavy atom. The van der Waals surface area contributed by atoms with Crippen LogP contribution in [0.3, 0.4) is 0 Å². The van der Waals surface area contributed by atoms with Crippen molar-refractivity contribution in [2.24, 2.45) is 5.92 Å². The van der Waals surface area contributed by atoms with Gasteiger partial charge in [-0.05, 0) is 84.3 Å². The van der Waals surface area contributed by atoms with Gasteiger partial charge in [0.15, 0.2) is 34.6 Å². The topological polar surface area (TPSA) is 268 Å². The first kappa shape index (κ1) is 45.7. The van der Waals surface area contributed by atoms with Crippen LogP contribution in [0.4, 0.5) is 17.1 Å². The summed E-state index contributed by atoms with van der Waals surface area (Å²) in [5, 5.41) is 47.6. The van der Waals surface area contributed by atoms with Crippen molar-refractivity contribution in [3.05, 3.63) is 136 Å². The predicted octanol–water partition coefficient (Wildman–Crippen LogP) is 6.74. The number of nitrogens with zero attached hydrogens (tertiary/aromatic N) is 1. The highest BCUT2D eigenvalue weighted by atomic mass is 16.5. The van der Waals surface area contributed by atoms with E-state index in [1.165, 1.54) is 49.6 Å². The molecule has 0 unspecified atom stereocenters. The number of carboxylic acid groups (broad SMARTS) is 1. The van der Waals surface area contributed by atoms with Crippen molar-refractivity contribution in [2.75, 3.05) is 30.2 Å². The molecule has 1 atom stereocenters. The number of hydrogen-bond donors (Lipinski definition) is 6. The molecule has 5 aromatic carbocycles. The number of fused-ring (bicyclic) bond motifs is 1. The lowest BCUT2D eigenvalue weighted by Crippen LogP contribution is -2.25. The molecule has 1 aliphatic heterocycles. The van der Waals surface area contributed by atoms with E-state index in [0.29, 0.717) is 22.4 Å². The number of nitriles is 1. The van der Waals surface area contributed by atoms with Crippen LogP contribution in [-0.4, -0.2) is 70.8 Å². The second kappa shape index (κ2) is 19.9. The summed E-state index contributed by atoms with van der Waals surface area (Å²) in [7, 11) is 2.36. The Morgan fingerprint density at radius 3 is 2.00 bits per heavy atom. The van der Waals surface area contributed by atoms with E-state index in [2.05, 4.69) is 16.0 Å². The molecule has 65 heavy (non-hydrogen) atoms. The molecule has 0 spiro atoms. The van der Waals surface area contributed by atoms with Crippen molar-refractivity contribution >= 4 is 64.4 Å². The molecule has 0 aliphatic carbocycles. The monoisotopic (exact) mass is 880 g/mol. The minimum absolute atomic E-state index is 0.0113. The molecule has 0 saturated carbocycles. The number of anilines is 3. The number of carbonyl (C=O) groups excluding carboxylic acids is 6. The zero-order valence-corrected chi connectivity index (χ0v) is 35.0. The average Bonchev–Trinajstić information content (AvgIpc) is 3.65. The van der Waals surface area contributed by atoms with Crippen LogP contribution in [0.25, 0.3) is 6.08 Å². The largest absolute Gasteiger partial charge is 0.504 e. The standard InChI is InChI=1S/C48H40N4O13/c1-25(20-27-6-9-30-24-40(55)65-39(30)22-27)37(53)21-26-4-7-28(8-5-26)38(54)23-31(18-19-49)46(59)50-32-12-10-29(11-13-32)45(58)51-35-16-14-33(41(56)43(35)63-2)47(60)52-36-17-15-34(48(61)62)42(57)44(36)64-3/h4-17,20,22,31,56-57H,18,21,23-24H2,1-3H3,(H,50,59)(H,51,58)(H,52,60)(H,61,62)/b25-20+/t31-/m1/s1. The number of carbonyl (C=O) groups is 7. The number of rotatable bonds is 17. The van der Waals surface area contributed by atoms with Crippen LogP contribution < -0.4 is 30.2 Å². The van der Waals surface area contributed by atoms with Crippen LogP contribution in [0.15, 0.2) is 96.6 Å². The normalized spacial score (nSPS) is 12.2. The maximum Gasteiger partial charge on any atom is 0.339 e. The maximum absolute atomic E-state index is 13.3. The van der Waals surface area contributed by atoms with Crippen LogP contribution in [0.2, 0.25) is 0 Å². The van der Waals surface area contributed by atoms with Gasteiger partial charge < -0.3 is 45.5 Å². The van der Waals surface area contributed by atoms with E-state index in [4.69, 9.17) is 14.2 Å². The molecule has 0 radical (unpaired) electrons. The molecule has 330 valence electrons. The van der Waals surface area contributed by atoms with Crippen molar-refractivity contribution in [1.29, 1.82) is 5.26 Å². The molecule has 0 bridgehead atoms. The molecular formula is C48H40N4O13. The number of amides is 3. The van der Waals surface area contributed by atoms with E-state index >= 15 is 0 Å². The van der Waals surface area contributed by atoms with Crippen LogP contribution >= 0.6 is 0 Å². The fraction of sp³-hybridized carbons (Fsp3) is 0.167. The number of ketones is 2.